The molecule has 0 aliphatic rings. The van der Waals surface area contributed by atoms with E-state index in [9.17, 15) is 4.79 Å². The number of hydrogen-bond acceptors (Lipinski definition) is 4. The number of aromatic nitrogens is 3. The highest BCUT2D eigenvalue weighted by Gasteiger charge is 2.13. The van der Waals surface area contributed by atoms with Gasteiger partial charge in [-0.1, -0.05) is 29.0 Å². The van der Waals surface area contributed by atoms with Crippen molar-refractivity contribution in [2.75, 3.05) is 0 Å². The third-order valence-electron chi connectivity index (χ3n) is 3.46. The van der Waals surface area contributed by atoms with Gasteiger partial charge in [0.2, 0.25) is 0 Å². The standard InChI is InChI=1S/C18H17N3O2/c1-12-4-7-15(8-5-12)21-11-17(19-20-21)16-9-6-13(2)10-18(16)23-14(3)22/h4-11H,1-3H3. The van der Waals surface area contributed by atoms with E-state index < -0.39 is 0 Å². The van der Waals surface area contributed by atoms with Gasteiger partial charge in [0.05, 0.1) is 11.9 Å². The summed E-state index contributed by atoms with van der Waals surface area (Å²) in [7, 11) is 0. The van der Waals surface area contributed by atoms with E-state index in [4.69, 9.17) is 4.74 Å². The Kier molecular flexibility index (Phi) is 3.93. The van der Waals surface area contributed by atoms with Crippen molar-refractivity contribution in [2.24, 2.45) is 0 Å². The summed E-state index contributed by atoms with van der Waals surface area (Å²) in [5.74, 6) is 0.135. The van der Waals surface area contributed by atoms with Crippen LogP contribution in [0.1, 0.15) is 18.1 Å². The van der Waals surface area contributed by atoms with Crippen molar-refractivity contribution < 1.29 is 9.53 Å². The number of esters is 1. The molecule has 0 amide bonds. The Morgan fingerprint density at radius 3 is 2.43 bits per heavy atom. The van der Waals surface area contributed by atoms with Gasteiger partial charge in [0, 0.05) is 12.5 Å². The third-order valence-corrected chi connectivity index (χ3v) is 3.46. The van der Waals surface area contributed by atoms with Gasteiger partial charge in [-0.25, -0.2) is 4.68 Å². The van der Waals surface area contributed by atoms with Gasteiger partial charge >= 0.3 is 5.97 Å². The summed E-state index contributed by atoms with van der Waals surface area (Å²) in [6.07, 6.45) is 1.82. The van der Waals surface area contributed by atoms with Gasteiger partial charge < -0.3 is 4.74 Å². The second-order valence-electron chi connectivity index (χ2n) is 5.48. The van der Waals surface area contributed by atoms with Crippen LogP contribution in [0.3, 0.4) is 0 Å². The van der Waals surface area contributed by atoms with Crippen LogP contribution in [0.25, 0.3) is 16.9 Å². The van der Waals surface area contributed by atoms with Gasteiger partial charge in [0.1, 0.15) is 11.4 Å². The highest BCUT2D eigenvalue weighted by Crippen LogP contribution is 2.30. The predicted molar refractivity (Wildman–Crippen MR) is 87.6 cm³/mol. The van der Waals surface area contributed by atoms with E-state index in [1.54, 1.807) is 4.68 Å². The first kappa shape index (κ1) is 15.0. The molecule has 0 radical (unpaired) electrons. The number of carbonyl (C=O) groups is 1. The molecule has 0 bridgehead atoms. The Morgan fingerprint density at radius 2 is 1.74 bits per heavy atom. The third kappa shape index (κ3) is 3.29. The van der Waals surface area contributed by atoms with E-state index in [1.165, 1.54) is 12.5 Å². The van der Waals surface area contributed by atoms with Crippen molar-refractivity contribution in [2.45, 2.75) is 20.8 Å². The monoisotopic (exact) mass is 307 g/mol. The number of rotatable bonds is 3. The fourth-order valence-corrected chi connectivity index (χ4v) is 2.29. The summed E-state index contributed by atoms with van der Waals surface area (Å²) in [4.78, 5) is 11.3. The van der Waals surface area contributed by atoms with Gasteiger partial charge in [0.25, 0.3) is 0 Å². The number of aryl methyl sites for hydroxylation is 2. The summed E-state index contributed by atoms with van der Waals surface area (Å²) in [5, 5.41) is 8.37. The zero-order valence-electron chi connectivity index (χ0n) is 13.3. The van der Waals surface area contributed by atoms with Gasteiger partial charge in [-0.2, -0.15) is 0 Å². The Morgan fingerprint density at radius 1 is 1.04 bits per heavy atom. The highest BCUT2D eigenvalue weighted by molar-refractivity contribution is 5.75. The summed E-state index contributed by atoms with van der Waals surface area (Å²) < 4.78 is 7.00. The first-order chi connectivity index (χ1) is 11.0. The second-order valence-corrected chi connectivity index (χ2v) is 5.48. The van der Waals surface area contributed by atoms with Crippen molar-refractivity contribution in [3.05, 3.63) is 59.8 Å². The van der Waals surface area contributed by atoms with Gasteiger partial charge in [0.15, 0.2) is 0 Å². The predicted octanol–water partition coefficient (Wildman–Crippen LogP) is 3.48. The van der Waals surface area contributed by atoms with Crippen LogP contribution in [0, 0.1) is 13.8 Å². The minimum absolute atomic E-state index is 0.359. The second kappa shape index (κ2) is 6.04. The minimum atomic E-state index is -0.359. The Balaban J connectivity index is 2.00. The minimum Gasteiger partial charge on any atom is -0.426 e. The molecule has 0 spiro atoms. The molecule has 23 heavy (non-hydrogen) atoms. The van der Waals surface area contributed by atoms with E-state index in [-0.39, 0.29) is 5.97 Å². The van der Waals surface area contributed by atoms with E-state index in [1.807, 2.05) is 62.5 Å². The molecule has 0 unspecified atom stereocenters. The van der Waals surface area contributed by atoms with Crippen LogP contribution in [0.4, 0.5) is 0 Å². The van der Waals surface area contributed by atoms with Crippen molar-refractivity contribution in [1.82, 2.24) is 15.0 Å². The molecule has 0 saturated heterocycles. The largest absolute Gasteiger partial charge is 0.426 e. The molecule has 1 heterocycles. The van der Waals surface area contributed by atoms with Crippen molar-refractivity contribution in [3.63, 3.8) is 0 Å². The fraction of sp³-hybridized carbons (Fsp3) is 0.167. The van der Waals surface area contributed by atoms with Crippen LogP contribution >= 0.6 is 0 Å². The average molecular weight is 307 g/mol. The maximum atomic E-state index is 11.3. The van der Waals surface area contributed by atoms with Crippen molar-refractivity contribution in [1.29, 1.82) is 0 Å². The summed E-state index contributed by atoms with van der Waals surface area (Å²) in [6, 6.07) is 13.7. The normalized spacial score (nSPS) is 10.6. The molecule has 5 nitrogen and oxygen atoms in total. The molecule has 3 aromatic rings. The van der Waals surface area contributed by atoms with Crippen LogP contribution in [0.2, 0.25) is 0 Å². The number of ether oxygens (including phenoxy) is 1. The van der Waals surface area contributed by atoms with Gasteiger partial charge in [-0.05, 0) is 43.7 Å². The fourth-order valence-electron chi connectivity index (χ4n) is 2.29. The number of nitrogens with zero attached hydrogens (tertiary/aromatic N) is 3. The SMILES string of the molecule is CC(=O)Oc1cc(C)ccc1-c1cn(-c2ccc(C)cc2)nn1. The summed E-state index contributed by atoms with van der Waals surface area (Å²) >= 11 is 0. The molecule has 0 atom stereocenters. The van der Waals surface area contributed by atoms with E-state index >= 15 is 0 Å². The van der Waals surface area contributed by atoms with Gasteiger partial charge in [-0.3, -0.25) is 4.79 Å². The van der Waals surface area contributed by atoms with E-state index in [0.29, 0.717) is 11.4 Å². The number of carbonyl (C=O) groups excluding carboxylic acids is 1. The molecule has 116 valence electrons. The van der Waals surface area contributed by atoms with Crippen LogP contribution in [0.15, 0.2) is 48.7 Å². The molecule has 0 N–H and O–H groups in total. The average Bonchev–Trinajstić information content (AvgIpc) is 2.97. The number of hydrogen-bond donors (Lipinski definition) is 0. The molecular formula is C18H17N3O2. The lowest BCUT2D eigenvalue weighted by molar-refractivity contribution is -0.131. The molecule has 3 rings (SSSR count). The van der Waals surface area contributed by atoms with Crippen molar-refractivity contribution >= 4 is 5.97 Å². The first-order valence-corrected chi connectivity index (χ1v) is 7.32. The Bertz CT molecular complexity index is 851. The Labute approximate surface area is 134 Å². The lowest BCUT2D eigenvalue weighted by Gasteiger charge is -2.07. The molecule has 0 saturated carbocycles. The molecule has 1 aromatic heterocycles. The maximum absolute atomic E-state index is 11.3. The van der Waals surface area contributed by atoms with E-state index in [0.717, 1.165) is 16.8 Å². The lowest BCUT2D eigenvalue weighted by atomic mass is 10.1. The van der Waals surface area contributed by atoms with Gasteiger partial charge in [-0.15, -0.1) is 5.10 Å². The summed E-state index contributed by atoms with van der Waals surface area (Å²) in [5.41, 5.74) is 4.52. The van der Waals surface area contributed by atoms with E-state index in [2.05, 4.69) is 10.3 Å². The zero-order valence-corrected chi connectivity index (χ0v) is 13.3. The van der Waals surface area contributed by atoms with Crippen LogP contribution in [-0.4, -0.2) is 21.0 Å². The quantitative estimate of drug-likeness (QED) is 0.549. The molecular weight excluding hydrogens is 290 g/mol. The molecule has 0 aliphatic carbocycles. The highest BCUT2D eigenvalue weighted by atomic mass is 16.5. The van der Waals surface area contributed by atoms with Crippen LogP contribution in [-0.2, 0) is 4.79 Å². The maximum Gasteiger partial charge on any atom is 0.308 e. The first-order valence-electron chi connectivity index (χ1n) is 7.32. The lowest BCUT2D eigenvalue weighted by Crippen LogP contribution is -2.03. The summed E-state index contributed by atoms with van der Waals surface area (Å²) in [6.45, 7) is 5.36. The Hall–Kier alpha value is -2.95. The molecule has 2 aromatic carbocycles. The zero-order chi connectivity index (χ0) is 16.4. The van der Waals surface area contributed by atoms with Crippen LogP contribution < -0.4 is 4.74 Å². The number of benzene rings is 2. The molecule has 5 heteroatoms. The van der Waals surface area contributed by atoms with Crippen molar-refractivity contribution in [3.8, 4) is 22.7 Å². The topological polar surface area (TPSA) is 57.0 Å². The van der Waals surface area contributed by atoms with Crippen LogP contribution in [0.5, 0.6) is 5.75 Å². The molecule has 0 aliphatic heterocycles. The smallest absolute Gasteiger partial charge is 0.308 e. The molecule has 0 fully saturated rings.